The number of nitrogens with zero attached hydrogens (tertiary/aromatic N) is 1. The third-order valence-electron chi connectivity index (χ3n) is 4.69. The summed E-state index contributed by atoms with van der Waals surface area (Å²) in [5.74, 6) is -0.588. The molecule has 0 aliphatic carbocycles. The molecule has 0 atom stereocenters. The van der Waals surface area contributed by atoms with Crippen molar-refractivity contribution in [1.29, 1.82) is 0 Å². The Morgan fingerprint density at radius 3 is 2.55 bits per heavy atom. The first-order valence-corrected chi connectivity index (χ1v) is 10.4. The molecule has 9 heteroatoms. The quantitative estimate of drug-likeness (QED) is 0.642. The molecule has 2 aromatic rings. The molecule has 1 saturated heterocycles. The number of nitrogens with one attached hydrogen (secondary N) is 2. The minimum atomic E-state index is -4.48. The molecule has 2 N–H and O–H groups in total. The number of rotatable bonds is 7. The molecule has 0 saturated carbocycles. The van der Waals surface area contributed by atoms with E-state index in [0.717, 1.165) is 38.1 Å². The van der Waals surface area contributed by atoms with Crippen LogP contribution in [0.4, 0.5) is 24.5 Å². The van der Waals surface area contributed by atoms with Gasteiger partial charge < -0.3 is 15.5 Å². The van der Waals surface area contributed by atoms with Crippen molar-refractivity contribution in [2.24, 2.45) is 0 Å². The van der Waals surface area contributed by atoms with Crippen LogP contribution in [0, 0.1) is 0 Å². The van der Waals surface area contributed by atoms with Crippen LogP contribution in [0.2, 0.25) is 0 Å². The second-order valence-corrected chi connectivity index (χ2v) is 7.62. The van der Waals surface area contributed by atoms with Gasteiger partial charge in [0.1, 0.15) is 0 Å². The molecule has 3 rings (SSSR count). The van der Waals surface area contributed by atoms with Crippen LogP contribution in [-0.4, -0.2) is 31.4 Å². The predicted molar refractivity (Wildman–Crippen MR) is 107 cm³/mol. The third-order valence-corrected chi connectivity index (χ3v) is 5.38. The number of carbonyl (C=O) groups is 2. The van der Waals surface area contributed by atoms with Crippen LogP contribution < -0.4 is 15.5 Å². The first-order valence-electron chi connectivity index (χ1n) is 9.41. The number of amides is 2. The molecule has 1 aliphatic rings. The summed E-state index contributed by atoms with van der Waals surface area (Å²) in [6.07, 6.45) is -2.05. The highest BCUT2D eigenvalue weighted by Gasteiger charge is 2.32. The van der Waals surface area contributed by atoms with E-state index in [2.05, 4.69) is 10.6 Å². The zero-order valence-electron chi connectivity index (χ0n) is 15.7. The number of carbonyl (C=O) groups excluding carboxylic acids is 2. The summed E-state index contributed by atoms with van der Waals surface area (Å²) in [5, 5.41) is 8.88. The normalized spacial score (nSPS) is 14.1. The molecule has 1 aromatic carbocycles. The largest absolute Gasteiger partial charge is 0.416 e. The van der Waals surface area contributed by atoms with E-state index in [0.29, 0.717) is 24.2 Å². The van der Waals surface area contributed by atoms with Gasteiger partial charge in [0.15, 0.2) is 0 Å². The van der Waals surface area contributed by atoms with E-state index in [1.165, 1.54) is 17.4 Å². The molecule has 0 radical (unpaired) electrons. The Morgan fingerprint density at radius 2 is 1.90 bits per heavy atom. The second-order valence-electron chi connectivity index (χ2n) is 6.84. The molecular weight excluding hydrogens is 403 g/mol. The Hall–Kier alpha value is -2.55. The van der Waals surface area contributed by atoms with Crippen molar-refractivity contribution >= 4 is 34.5 Å². The zero-order chi connectivity index (χ0) is 20.9. The topological polar surface area (TPSA) is 61.4 Å². The van der Waals surface area contributed by atoms with Gasteiger partial charge in [0.25, 0.3) is 5.91 Å². The molecular formula is C20H22F3N3O2S. The third kappa shape index (κ3) is 5.72. The first-order chi connectivity index (χ1) is 13.8. The fraction of sp³-hybridized carbons (Fsp3) is 0.400. The number of benzene rings is 1. The molecule has 2 amide bonds. The van der Waals surface area contributed by atoms with Gasteiger partial charge in [-0.1, -0.05) is 0 Å². The summed E-state index contributed by atoms with van der Waals surface area (Å²) in [6, 6.07) is 5.16. The molecule has 0 unspecified atom stereocenters. The lowest BCUT2D eigenvalue weighted by Gasteiger charge is -2.23. The Morgan fingerprint density at radius 1 is 1.14 bits per heavy atom. The van der Waals surface area contributed by atoms with Crippen LogP contribution in [-0.2, 0) is 11.0 Å². The minimum Gasteiger partial charge on any atom is -0.370 e. The van der Waals surface area contributed by atoms with Crippen molar-refractivity contribution in [3.05, 3.63) is 46.2 Å². The van der Waals surface area contributed by atoms with Gasteiger partial charge in [0.05, 0.1) is 16.9 Å². The standard InChI is InChI=1S/C20H22F3N3O2S/c21-20(22,23)15-5-6-17(26-9-1-2-10-26)16(12-15)25-18(27)4-3-8-24-19(28)14-7-11-29-13-14/h5-7,11-13H,1-4,8-10H2,(H,24,28)(H,25,27). The average Bonchev–Trinajstić information content (AvgIpc) is 3.38. The van der Waals surface area contributed by atoms with Crippen LogP contribution in [0.25, 0.3) is 0 Å². The van der Waals surface area contributed by atoms with Gasteiger partial charge in [-0.3, -0.25) is 9.59 Å². The first kappa shape index (κ1) is 21.2. The van der Waals surface area contributed by atoms with E-state index in [4.69, 9.17) is 0 Å². The van der Waals surface area contributed by atoms with Crippen LogP contribution in [0.15, 0.2) is 35.0 Å². The molecule has 1 aromatic heterocycles. The molecule has 0 bridgehead atoms. The summed E-state index contributed by atoms with van der Waals surface area (Å²) in [7, 11) is 0. The Bertz CT molecular complexity index is 847. The minimum absolute atomic E-state index is 0.0968. The lowest BCUT2D eigenvalue weighted by Crippen LogP contribution is -2.25. The van der Waals surface area contributed by atoms with Crippen LogP contribution in [0.1, 0.15) is 41.6 Å². The smallest absolute Gasteiger partial charge is 0.370 e. The zero-order valence-corrected chi connectivity index (χ0v) is 16.5. The summed E-state index contributed by atoms with van der Waals surface area (Å²) in [4.78, 5) is 26.1. The van der Waals surface area contributed by atoms with E-state index in [9.17, 15) is 22.8 Å². The van der Waals surface area contributed by atoms with E-state index in [1.54, 1.807) is 16.8 Å². The number of thiophene rings is 1. The number of hydrogen-bond acceptors (Lipinski definition) is 4. The highest BCUT2D eigenvalue weighted by Crippen LogP contribution is 2.36. The monoisotopic (exact) mass is 425 g/mol. The van der Waals surface area contributed by atoms with Crippen molar-refractivity contribution in [3.63, 3.8) is 0 Å². The second kappa shape index (κ2) is 9.30. The number of hydrogen-bond donors (Lipinski definition) is 2. The molecule has 2 heterocycles. The van der Waals surface area contributed by atoms with Crippen LogP contribution in [0.5, 0.6) is 0 Å². The fourth-order valence-electron chi connectivity index (χ4n) is 3.21. The van der Waals surface area contributed by atoms with Gasteiger partial charge >= 0.3 is 6.18 Å². The van der Waals surface area contributed by atoms with E-state index in [-0.39, 0.29) is 23.9 Å². The SMILES string of the molecule is O=C(CCCNC(=O)c1ccsc1)Nc1cc(C(F)(F)F)ccc1N1CCCC1. The Balaban J connectivity index is 1.58. The molecule has 0 spiro atoms. The Kier molecular flexibility index (Phi) is 6.79. The van der Waals surface area contributed by atoms with E-state index >= 15 is 0 Å². The van der Waals surface area contributed by atoms with Crippen molar-refractivity contribution in [3.8, 4) is 0 Å². The number of halogens is 3. The van der Waals surface area contributed by atoms with Gasteiger partial charge in [-0.25, -0.2) is 0 Å². The lowest BCUT2D eigenvalue weighted by molar-refractivity contribution is -0.137. The summed E-state index contributed by atoms with van der Waals surface area (Å²) >= 11 is 1.42. The van der Waals surface area contributed by atoms with Crippen molar-refractivity contribution < 1.29 is 22.8 Å². The predicted octanol–water partition coefficient (Wildman–Crippen LogP) is 4.52. The molecule has 1 aliphatic heterocycles. The molecule has 5 nitrogen and oxygen atoms in total. The number of anilines is 2. The highest BCUT2D eigenvalue weighted by molar-refractivity contribution is 7.08. The van der Waals surface area contributed by atoms with Crippen molar-refractivity contribution in [1.82, 2.24) is 5.32 Å². The molecule has 29 heavy (non-hydrogen) atoms. The maximum Gasteiger partial charge on any atom is 0.416 e. The van der Waals surface area contributed by atoms with Gasteiger partial charge in [0.2, 0.25) is 5.91 Å². The maximum atomic E-state index is 13.1. The maximum absolute atomic E-state index is 13.1. The number of alkyl halides is 3. The summed E-state index contributed by atoms with van der Waals surface area (Å²) < 4.78 is 39.3. The molecule has 1 fully saturated rings. The van der Waals surface area contributed by atoms with Gasteiger partial charge in [0, 0.05) is 37.0 Å². The van der Waals surface area contributed by atoms with Gasteiger partial charge in [-0.15, -0.1) is 0 Å². The van der Waals surface area contributed by atoms with Gasteiger partial charge in [-0.05, 0) is 48.9 Å². The lowest BCUT2D eigenvalue weighted by atomic mass is 10.1. The molecule has 156 valence electrons. The average molecular weight is 425 g/mol. The summed E-state index contributed by atoms with van der Waals surface area (Å²) in [5.41, 5.74) is 0.557. The van der Waals surface area contributed by atoms with Crippen LogP contribution in [0.3, 0.4) is 0 Å². The summed E-state index contributed by atoms with van der Waals surface area (Å²) in [6.45, 7) is 1.81. The highest BCUT2D eigenvalue weighted by atomic mass is 32.1. The van der Waals surface area contributed by atoms with E-state index < -0.39 is 11.7 Å². The van der Waals surface area contributed by atoms with E-state index in [1.807, 2.05) is 4.90 Å². The van der Waals surface area contributed by atoms with Crippen molar-refractivity contribution in [2.75, 3.05) is 29.9 Å². The fourth-order valence-corrected chi connectivity index (χ4v) is 3.84. The van der Waals surface area contributed by atoms with Gasteiger partial charge in [-0.2, -0.15) is 24.5 Å². The Labute approximate surface area is 170 Å². The van der Waals surface area contributed by atoms with Crippen LogP contribution >= 0.6 is 11.3 Å². The van der Waals surface area contributed by atoms with Crippen molar-refractivity contribution in [2.45, 2.75) is 31.9 Å².